The van der Waals surface area contributed by atoms with Gasteiger partial charge in [-0.3, -0.25) is 0 Å². The third kappa shape index (κ3) is 3.08. The molecule has 0 saturated heterocycles. The minimum Gasteiger partial charge on any atom is -0.441 e. The average Bonchev–Trinajstić information content (AvgIpc) is 3.02. The molecular formula is C18H20N2O2. The lowest BCUT2D eigenvalue weighted by atomic mass is 9.86. The number of nitrogens with one attached hydrogen (secondary N) is 1. The first-order valence-electron chi connectivity index (χ1n) is 6.99. The maximum absolute atomic E-state index is 11.3. The van der Waals surface area contributed by atoms with Crippen LogP contribution >= 0.6 is 0 Å². The molecule has 114 valence electrons. The molecule has 4 heteroatoms. The van der Waals surface area contributed by atoms with Crippen molar-refractivity contribution in [1.29, 1.82) is 0 Å². The number of benzene rings is 1. The maximum Gasteiger partial charge on any atom is 0.236 e. The Hall–Kier alpha value is -2.43. The van der Waals surface area contributed by atoms with Crippen LogP contribution < -0.4 is 5.32 Å². The summed E-state index contributed by atoms with van der Waals surface area (Å²) in [6, 6.07) is 9.21. The second-order valence-electron chi connectivity index (χ2n) is 4.86. The van der Waals surface area contributed by atoms with Gasteiger partial charge in [0.15, 0.2) is 5.60 Å². The molecule has 1 aromatic carbocycles. The molecule has 1 heterocycles. The fourth-order valence-electron chi connectivity index (χ4n) is 2.16. The van der Waals surface area contributed by atoms with Crippen LogP contribution in [0.4, 0.5) is 0 Å². The minimum absolute atomic E-state index is 0.197. The molecule has 2 N–H and O–H groups in total. The number of rotatable bonds is 7. The van der Waals surface area contributed by atoms with E-state index in [9.17, 15) is 5.11 Å². The number of allylic oxidation sites excluding steroid dienone is 2. The predicted octanol–water partition coefficient (Wildman–Crippen LogP) is 2.93. The van der Waals surface area contributed by atoms with E-state index in [1.807, 2.05) is 37.4 Å². The molecule has 0 radical (unpaired) electrons. The fraction of sp³-hybridized carbons (Fsp3) is 0.167. The minimum atomic E-state index is -1.52. The molecule has 0 aliphatic rings. The van der Waals surface area contributed by atoms with Crippen LogP contribution in [0.25, 0.3) is 0 Å². The highest BCUT2D eigenvalue weighted by atomic mass is 16.4. The van der Waals surface area contributed by atoms with Crippen LogP contribution in [0.15, 0.2) is 77.9 Å². The van der Waals surface area contributed by atoms with Gasteiger partial charge in [0.25, 0.3) is 0 Å². The molecule has 0 saturated carbocycles. The molecule has 2 rings (SSSR count). The predicted molar refractivity (Wildman–Crippen MR) is 87.2 cm³/mol. The topological polar surface area (TPSA) is 58.3 Å². The van der Waals surface area contributed by atoms with Crippen molar-refractivity contribution >= 4 is 0 Å². The van der Waals surface area contributed by atoms with Gasteiger partial charge in [-0.05, 0) is 18.2 Å². The average molecular weight is 296 g/mol. The highest BCUT2D eigenvalue weighted by molar-refractivity contribution is 5.43. The Labute approximate surface area is 130 Å². The van der Waals surface area contributed by atoms with Crippen molar-refractivity contribution in [2.45, 2.75) is 12.1 Å². The third-order valence-electron chi connectivity index (χ3n) is 3.30. The van der Waals surface area contributed by atoms with E-state index < -0.39 is 5.60 Å². The molecular weight excluding hydrogens is 276 g/mol. The summed E-state index contributed by atoms with van der Waals surface area (Å²) >= 11 is 0. The van der Waals surface area contributed by atoms with Crippen molar-refractivity contribution in [2.75, 3.05) is 7.05 Å². The Morgan fingerprint density at radius 2 is 2.14 bits per heavy atom. The summed E-state index contributed by atoms with van der Waals surface area (Å²) in [4.78, 5) is 4.24. The second-order valence-corrected chi connectivity index (χ2v) is 4.86. The van der Waals surface area contributed by atoms with Gasteiger partial charge in [0.05, 0.1) is 12.7 Å². The summed E-state index contributed by atoms with van der Waals surface area (Å²) in [7, 11) is 1.82. The quantitative estimate of drug-likeness (QED) is 0.771. The van der Waals surface area contributed by atoms with Gasteiger partial charge in [-0.25, -0.2) is 4.98 Å². The van der Waals surface area contributed by atoms with Crippen molar-refractivity contribution in [3.8, 4) is 0 Å². The Bertz CT molecular complexity index is 673. The van der Waals surface area contributed by atoms with Gasteiger partial charge < -0.3 is 14.8 Å². The molecule has 0 aliphatic carbocycles. The number of nitrogens with zero attached hydrogens (tertiary/aromatic N) is 1. The van der Waals surface area contributed by atoms with Gasteiger partial charge in [-0.1, -0.05) is 61.7 Å². The third-order valence-corrected chi connectivity index (χ3v) is 3.30. The summed E-state index contributed by atoms with van der Waals surface area (Å²) in [5.41, 5.74) is -0.421. The summed E-state index contributed by atoms with van der Waals surface area (Å²) < 4.78 is 5.70. The molecule has 0 fully saturated rings. The Balaban J connectivity index is 2.51. The van der Waals surface area contributed by atoms with E-state index in [0.29, 0.717) is 23.4 Å². The van der Waals surface area contributed by atoms with Crippen molar-refractivity contribution in [3.05, 3.63) is 90.7 Å². The zero-order chi connectivity index (χ0) is 16.0. The van der Waals surface area contributed by atoms with Gasteiger partial charge in [0.2, 0.25) is 5.89 Å². The van der Waals surface area contributed by atoms with Crippen molar-refractivity contribution < 1.29 is 9.52 Å². The highest BCUT2D eigenvalue weighted by Crippen LogP contribution is 2.36. The van der Waals surface area contributed by atoms with E-state index in [1.165, 1.54) is 0 Å². The fourth-order valence-corrected chi connectivity index (χ4v) is 2.16. The van der Waals surface area contributed by atoms with E-state index in [2.05, 4.69) is 23.5 Å². The van der Waals surface area contributed by atoms with E-state index in [-0.39, 0.29) is 5.89 Å². The van der Waals surface area contributed by atoms with Gasteiger partial charge >= 0.3 is 0 Å². The molecule has 1 atom stereocenters. The lowest BCUT2D eigenvalue weighted by Crippen LogP contribution is -2.29. The van der Waals surface area contributed by atoms with Gasteiger partial charge in [-0.2, -0.15) is 0 Å². The lowest BCUT2D eigenvalue weighted by molar-refractivity contribution is 0.0910. The summed E-state index contributed by atoms with van der Waals surface area (Å²) in [6.45, 7) is 8.14. The zero-order valence-electron chi connectivity index (χ0n) is 12.6. The molecule has 4 nitrogen and oxygen atoms in total. The van der Waals surface area contributed by atoms with E-state index >= 15 is 0 Å². The molecule has 22 heavy (non-hydrogen) atoms. The second kappa shape index (κ2) is 7.02. The molecule has 0 amide bonds. The van der Waals surface area contributed by atoms with Crippen LogP contribution in [0.3, 0.4) is 0 Å². The van der Waals surface area contributed by atoms with Crippen LogP contribution in [0.2, 0.25) is 0 Å². The van der Waals surface area contributed by atoms with Gasteiger partial charge in [0.1, 0.15) is 5.76 Å². The standard InChI is InChI=1S/C18H20N2O2/c1-4-5-9-14(2)18(21,15-10-7-6-8-11-15)17-20-13-16(22-17)12-19-3/h4-11,13,19,21H,1-2,12H2,3H3/b9-5-. The Morgan fingerprint density at radius 1 is 1.41 bits per heavy atom. The summed E-state index contributed by atoms with van der Waals surface area (Å²) in [5, 5.41) is 14.3. The molecule has 1 unspecified atom stereocenters. The van der Waals surface area contributed by atoms with E-state index in [4.69, 9.17) is 4.42 Å². The molecule has 0 bridgehead atoms. The summed E-state index contributed by atoms with van der Waals surface area (Å²) in [5.74, 6) is 0.843. The van der Waals surface area contributed by atoms with Crippen LogP contribution in [0.1, 0.15) is 17.2 Å². The first-order chi connectivity index (χ1) is 10.6. The van der Waals surface area contributed by atoms with Crippen LogP contribution in [0, 0.1) is 0 Å². The van der Waals surface area contributed by atoms with Crippen molar-refractivity contribution in [2.24, 2.45) is 0 Å². The monoisotopic (exact) mass is 296 g/mol. The molecule has 1 aromatic heterocycles. The number of hydrogen-bond donors (Lipinski definition) is 2. The lowest BCUT2D eigenvalue weighted by Gasteiger charge is -2.26. The number of aliphatic hydroxyl groups is 1. The Kier molecular flexibility index (Phi) is 5.09. The maximum atomic E-state index is 11.3. The largest absolute Gasteiger partial charge is 0.441 e. The van der Waals surface area contributed by atoms with Crippen molar-refractivity contribution in [1.82, 2.24) is 10.3 Å². The number of aromatic nitrogens is 1. The molecule has 0 spiro atoms. The van der Waals surface area contributed by atoms with Gasteiger partial charge in [-0.15, -0.1) is 0 Å². The smallest absolute Gasteiger partial charge is 0.236 e. The van der Waals surface area contributed by atoms with Crippen LogP contribution in [-0.2, 0) is 12.1 Å². The van der Waals surface area contributed by atoms with E-state index in [0.717, 1.165) is 0 Å². The Morgan fingerprint density at radius 3 is 2.77 bits per heavy atom. The van der Waals surface area contributed by atoms with Crippen LogP contribution in [0.5, 0.6) is 0 Å². The van der Waals surface area contributed by atoms with Crippen LogP contribution in [-0.4, -0.2) is 17.1 Å². The number of hydrogen-bond acceptors (Lipinski definition) is 4. The normalized spacial score (nSPS) is 13.9. The highest BCUT2D eigenvalue weighted by Gasteiger charge is 2.38. The van der Waals surface area contributed by atoms with Gasteiger partial charge in [0, 0.05) is 0 Å². The summed E-state index contributed by atoms with van der Waals surface area (Å²) in [6.07, 6.45) is 6.64. The molecule has 2 aromatic rings. The van der Waals surface area contributed by atoms with E-state index in [1.54, 1.807) is 24.4 Å². The SMILES string of the molecule is C=C/C=C\C(=C)C(O)(c1ccccc1)c1ncc(CNC)o1. The number of oxazole rings is 1. The first kappa shape index (κ1) is 15.9. The molecule has 0 aliphatic heterocycles. The first-order valence-corrected chi connectivity index (χ1v) is 6.99. The van der Waals surface area contributed by atoms with Crippen molar-refractivity contribution in [3.63, 3.8) is 0 Å². The zero-order valence-corrected chi connectivity index (χ0v) is 12.6.